The van der Waals surface area contributed by atoms with Crippen LogP contribution in [0, 0.1) is 5.92 Å². The van der Waals surface area contributed by atoms with Crippen LogP contribution in [-0.4, -0.2) is 54.9 Å². The van der Waals surface area contributed by atoms with Crippen molar-refractivity contribution in [1.29, 1.82) is 0 Å². The quantitative estimate of drug-likeness (QED) is 0.705. The predicted octanol–water partition coefficient (Wildman–Crippen LogP) is 3.52. The average Bonchev–Trinajstić information content (AvgIpc) is 2.59. The molecule has 1 saturated heterocycles. The second-order valence-corrected chi connectivity index (χ2v) is 8.04. The predicted molar refractivity (Wildman–Crippen MR) is 104 cm³/mol. The number of alkyl halides is 3. The number of nitrogens with zero attached hydrogens (tertiary/aromatic N) is 1. The molecule has 1 aromatic rings. The average molecular weight is 416 g/mol. The third-order valence-corrected chi connectivity index (χ3v) is 4.77. The number of carbonyl (C=O) groups excluding carboxylic acids is 1. The number of carbonyl (C=O) groups is 1. The fraction of sp³-hybridized carbons (Fsp3) is 0.667. The molecule has 0 aliphatic carbocycles. The molecule has 1 heterocycles. The van der Waals surface area contributed by atoms with Crippen molar-refractivity contribution >= 4 is 5.91 Å². The molecular formula is C21H31F3N2O3. The van der Waals surface area contributed by atoms with Crippen molar-refractivity contribution in [2.45, 2.75) is 65.3 Å². The van der Waals surface area contributed by atoms with Gasteiger partial charge in [0.05, 0.1) is 24.9 Å². The lowest BCUT2D eigenvalue weighted by molar-refractivity contribution is -0.176. The van der Waals surface area contributed by atoms with Crippen molar-refractivity contribution < 1.29 is 27.4 Å². The third kappa shape index (κ3) is 7.95. The zero-order chi connectivity index (χ0) is 21.6. The van der Waals surface area contributed by atoms with E-state index in [1.165, 1.54) is 0 Å². The molecule has 0 radical (unpaired) electrons. The summed E-state index contributed by atoms with van der Waals surface area (Å²) in [6.07, 6.45) is -4.16. The normalized spacial score (nSPS) is 21.9. The molecule has 1 fully saturated rings. The monoisotopic (exact) mass is 416 g/mol. The van der Waals surface area contributed by atoms with Crippen molar-refractivity contribution in [3.63, 3.8) is 0 Å². The van der Waals surface area contributed by atoms with Crippen LogP contribution in [0.3, 0.4) is 0 Å². The summed E-state index contributed by atoms with van der Waals surface area (Å²) < 4.78 is 46.8. The Labute approximate surface area is 170 Å². The van der Waals surface area contributed by atoms with E-state index in [9.17, 15) is 18.0 Å². The van der Waals surface area contributed by atoms with Crippen LogP contribution in [0.5, 0.6) is 0 Å². The van der Waals surface area contributed by atoms with Crippen LogP contribution in [0.2, 0.25) is 0 Å². The molecule has 0 saturated carbocycles. The Bertz CT molecular complexity index is 640. The molecule has 164 valence electrons. The van der Waals surface area contributed by atoms with Gasteiger partial charge in [0.2, 0.25) is 5.91 Å². The van der Waals surface area contributed by atoms with Crippen LogP contribution >= 0.6 is 0 Å². The maximum absolute atomic E-state index is 12.9. The first-order valence-corrected chi connectivity index (χ1v) is 9.94. The Morgan fingerprint density at radius 3 is 2.24 bits per heavy atom. The molecule has 1 N–H and O–H groups in total. The van der Waals surface area contributed by atoms with Gasteiger partial charge in [-0.1, -0.05) is 38.1 Å². The van der Waals surface area contributed by atoms with Gasteiger partial charge in [-0.2, -0.15) is 13.2 Å². The highest BCUT2D eigenvalue weighted by Gasteiger charge is 2.34. The summed E-state index contributed by atoms with van der Waals surface area (Å²) in [7, 11) is 0. The standard InChI is InChI=1S/C21H31F3N2O3/c1-14(2)19(26-10-15(3)29-16(4)11-26)20(27)25-9-17-5-7-18(8-6-17)12-28-13-21(22,23)24/h5-8,14-16,19H,9-13H2,1-4H3,(H,25,27)/t15-,16-,19-/m1/s1. The van der Waals surface area contributed by atoms with Gasteiger partial charge in [-0.05, 0) is 30.9 Å². The Morgan fingerprint density at radius 1 is 1.17 bits per heavy atom. The molecule has 0 unspecified atom stereocenters. The summed E-state index contributed by atoms with van der Waals surface area (Å²) in [5.41, 5.74) is 1.53. The molecule has 1 aliphatic heterocycles. The van der Waals surface area contributed by atoms with Gasteiger partial charge in [0.1, 0.15) is 6.61 Å². The van der Waals surface area contributed by atoms with Crippen LogP contribution in [0.4, 0.5) is 13.2 Å². The molecule has 2 rings (SSSR count). The van der Waals surface area contributed by atoms with Crippen LogP contribution < -0.4 is 5.32 Å². The van der Waals surface area contributed by atoms with Crippen LogP contribution in [0.15, 0.2) is 24.3 Å². The fourth-order valence-corrected chi connectivity index (χ4v) is 3.67. The summed E-state index contributed by atoms with van der Waals surface area (Å²) in [5.74, 6) is 0.125. The van der Waals surface area contributed by atoms with E-state index in [1.54, 1.807) is 24.3 Å². The fourth-order valence-electron chi connectivity index (χ4n) is 3.67. The summed E-state index contributed by atoms with van der Waals surface area (Å²) in [4.78, 5) is 15.0. The Kier molecular flexibility index (Phi) is 8.48. The number of morpholine rings is 1. The maximum Gasteiger partial charge on any atom is 0.411 e. The molecule has 1 aliphatic rings. The number of hydrogen-bond acceptors (Lipinski definition) is 4. The molecule has 0 aromatic heterocycles. The number of rotatable bonds is 8. The first kappa shape index (κ1) is 23.6. The van der Waals surface area contributed by atoms with Crippen molar-refractivity contribution in [3.8, 4) is 0 Å². The SMILES string of the molecule is CC(C)[C@H](C(=O)NCc1ccc(COCC(F)(F)F)cc1)N1C[C@@H](C)O[C@H](C)C1. The minimum atomic E-state index is -4.33. The smallest absolute Gasteiger partial charge is 0.373 e. The number of hydrogen-bond donors (Lipinski definition) is 1. The van der Waals surface area contributed by atoms with Crippen LogP contribution in [-0.2, 0) is 27.4 Å². The number of halogens is 3. The van der Waals surface area contributed by atoms with E-state index in [4.69, 9.17) is 4.74 Å². The van der Waals surface area contributed by atoms with Gasteiger partial charge >= 0.3 is 6.18 Å². The van der Waals surface area contributed by atoms with Gasteiger partial charge in [0.25, 0.3) is 0 Å². The highest BCUT2D eigenvalue weighted by molar-refractivity contribution is 5.82. The zero-order valence-electron chi connectivity index (χ0n) is 17.5. The van der Waals surface area contributed by atoms with Crippen LogP contribution in [0.1, 0.15) is 38.8 Å². The molecule has 1 aromatic carbocycles. The molecular weight excluding hydrogens is 385 g/mol. The maximum atomic E-state index is 12.9. The first-order valence-electron chi connectivity index (χ1n) is 9.94. The molecule has 5 nitrogen and oxygen atoms in total. The van der Waals surface area contributed by atoms with Crippen molar-refractivity contribution in [3.05, 3.63) is 35.4 Å². The largest absolute Gasteiger partial charge is 0.411 e. The lowest BCUT2D eigenvalue weighted by Crippen LogP contribution is -2.56. The first-order chi connectivity index (χ1) is 13.5. The van der Waals surface area contributed by atoms with E-state index < -0.39 is 12.8 Å². The highest BCUT2D eigenvalue weighted by Crippen LogP contribution is 2.19. The molecule has 1 amide bonds. The van der Waals surface area contributed by atoms with Gasteiger partial charge in [0.15, 0.2) is 0 Å². The van der Waals surface area contributed by atoms with E-state index in [2.05, 4.69) is 15.0 Å². The minimum Gasteiger partial charge on any atom is -0.373 e. The van der Waals surface area contributed by atoms with Crippen molar-refractivity contribution in [1.82, 2.24) is 10.2 Å². The van der Waals surface area contributed by atoms with E-state index in [0.717, 1.165) is 5.56 Å². The van der Waals surface area contributed by atoms with Crippen LogP contribution in [0.25, 0.3) is 0 Å². The minimum absolute atomic E-state index is 0.0288. The summed E-state index contributed by atoms with van der Waals surface area (Å²) in [5, 5.41) is 2.99. The summed E-state index contributed by atoms with van der Waals surface area (Å²) in [6, 6.07) is 6.76. The van der Waals surface area contributed by atoms with E-state index >= 15 is 0 Å². The summed E-state index contributed by atoms with van der Waals surface area (Å²) >= 11 is 0. The van der Waals surface area contributed by atoms with E-state index in [1.807, 2.05) is 27.7 Å². The van der Waals surface area contributed by atoms with Crippen molar-refractivity contribution in [2.24, 2.45) is 5.92 Å². The number of amides is 1. The number of benzene rings is 1. The van der Waals surface area contributed by atoms with E-state index in [-0.39, 0.29) is 36.7 Å². The molecule has 0 spiro atoms. The Balaban J connectivity index is 1.87. The molecule has 29 heavy (non-hydrogen) atoms. The Hall–Kier alpha value is -1.64. The third-order valence-electron chi connectivity index (χ3n) is 4.77. The highest BCUT2D eigenvalue weighted by atomic mass is 19.4. The summed E-state index contributed by atoms with van der Waals surface area (Å²) in [6.45, 7) is 8.52. The van der Waals surface area contributed by atoms with Gasteiger partial charge in [-0.3, -0.25) is 9.69 Å². The van der Waals surface area contributed by atoms with Gasteiger partial charge in [0, 0.05) is 19.6 Å². The lowest BCUT2D eigenvalue weighted by atomic mass is 9.99. The van der Waals surface area contributed by atoms with Gasteiger partial charge < -0.3 is 14.8 Å². The molecule has 3 atom stereocenters. The van der Waals surface area contributed by atoms with Crippen molar-refractivity contribution in [2.75, 3.05) is 19.7 Å². The number of nitrogens with one attached hydrogen (secondary N) is 1. The molecule has 0 bridgehead atoms. The molecule has 8 heteroatoms. The van der Waals surface area contributed by atoms with E-state index in [0.29, 0.717) is 25.2 Å². The van der Waals surface area contributed by atoms with Gasteiger partial charge in [-0.25, -0.2) is 0 Å². The number of ether oxygens (including phenoxy) is 2. The topological polar surface area (TPSA) is 50.8 Å². The van der Waals surface area contributed by atoms with Gasteiger partial charge in [-0.15, -0.1) is 0 Å². The second kappa shape index (κ2) is 10.4. The zero-order valence-corrected chi connectivity index (χ0v) is 17.5. The lowest BCUT2D eigenvalue weighted by Gasteiger charge is -2.41. The Morgan fingerprint density at radius 2 is 1.72 bits per heavy atom. The second-order valence-electron chi connectivity index (χ2n) is 8.04.